The zero-order valence-corrected chi connectivity index (χ0v) is 83.1. The van der Waals surface area contributed by atoms with Crippen molar-refractivity contribution in [2.75, 3.05) is 13.2 Å². The molecule has 1 saturated heterocycles. The van der Waals surface area contributed by atoms with Crippen LogP contribution in [0.4, 0.5) is 0 Å². The van der Waals surface area contributed by atoms with Crippen LogP contribution in [0.15, 0.2) is 255 Å². The van der Waals surface area contributed by atoms with Crippen molar-refractivity contribution in [2.24, 2.45) is 0 Å². The maximum atomic E-state index is 10.7. The minimum atomic E-state index is -1.14. The molecule has 19 N–H and O–H groups in total. The van der Waals surface area contributed by atoms with E-state index in [1.807, 2.05) is 79.7 Å². The van der Waals surface area contributed by atoms with E-state index in [0.29, 0.717) is 116 Å². The van der Waals surface area contributed by atoms with Crippen LogP contribution in [0.1, 0.15) is 269 Å². The van der Waals surface area contributed by atoms with Crippen LogP contribution < -0.4 is 0 Å². The zero-order valence-electron chi connectivity index (χ0n) is 83.1. The number of aromatic hydroxyl groups is 14. The number of hydrogen-bond donors (Lipinski definition) is 19. The van der Waals surface area contributed by atoms with Crippen molar-refractivity contribution >= 4 is 34.9 Å². The van der Waals surface area contributed by atoms with Gasteiger partial charge in [-0.25, -0.2) is 0 Å². The van der Waals surface area contributed by atoms with Gasteiger partial charge in [-0.05, 0) is 287 Å². The Kier molecular flexibility index (Phi) is 47.6. The van der Waals surface area contributed by atoms with E-state index in [-0.39, 0.29) is 155 Å². The van der Waals surface area contributed by atoms with Crippen LogP contribution in [0.25, 0.3) is 0 Å². The molecule has 0 spiro atoms. The second-order valence-corrected chi connectivity index (χ2v) is 38.1. The highest BCUT2D eigenvalue weighted by molar-refractivity contribution is 5.83. The first-order chi connectivity index (χ1) is 67.3. The molecule has 4 fully saturated rings. The van der Waals surface area contributed by atoms with Gasteiger partial charge in [-0.15, -0.1) is 0 Å². The Balaban J connectivity index is 0.000000301. The number of aryl methyl sites for hydroxylation is 1. The van der Waals surface area contributed by atoms with Crippen LogP contribution in [0, 0.1) is 6.92 Å². The smallest absolute Gasteiger partial charge is 0.305 e. The number of cyclic esters (lactones) is 1. The highest BCUT2D eigenvalue weighted by Crippen LogP contribution is 2.47. The Morgan fingerprint density at radius 3 is 0.959 bits per heavy atom. The average Bonchev–Trinajstić information content (AvgIpc) is 1.09. The van der Waals surface area contributed by atoms with Gasteiger partial charge in [0, 0.05) is 98.7 Å². The fourth-order valence-corrected chi connectivity index (χ4v) is 16.3. The van der Waals surface area contributed by atoms with Crippen molar-refractivity contribution < 1.29 is 131 Å². The molecule has 0 aromatic heterocycles. The third kappa shape index (κ3) is 39.6. The van der Waals surface area contributed by atoms with Crippen LogP contribution in [0.5, 0.6) is 80.5 Å². The molecule has 26 heteroatoms. The summed E-state index contributed by atoms with van der Waals surface area (Å²) in [6, 6.07) is 74.9. The normalized spacial score (nSPS) is 14.3. The first kappa shape index (κ1) is 121. The molecule has 0 radical (unpaired) electrons. The molecule has 2 unspecified atom stereocenters. The molecular formula is C119H146O26. The summed E-state index contributed by atoms with van der Waals surface area (Å²) < 4.78 is 4.51. The summed E-state index contributed by atoms with van der Waals surface area (Å²) in [6.07, 6.45) is 13.1. The number of ether oxygens (including phenoxy) is 1. The van der Waals surface area contributed by atoms with Gasteiger partial charge in [-0.2, -0.15) is 0 Å². The maximum Gasteiger partial charge on any atom is 0.305 e. The van der Waals surface area contributed by atoms with Gasteiger partial charge < -0.3 is 102 Å². The van der Waals surface area contributed by atoms with Gasteiger partial charge in [-0.1, -0.05) is 187 Å². The third-order valence-electron chi connectivity index (χ3n) is 24.7. The predicted molar refractivity (Wildman–Crippen MR) is 562 cm³/mol. The quantitative estimate of drug-likeness (QED) is 0.0264. The number of carbonyl (C=O) groups excluding carboxylic acids is 6. The van der Waals surface area contributed by atoms with E-state index in [9.17, 15) is 100 Å². The Morgan fingerprint density at radius 1 is 0.359 bits per heavy atom. The van der Waals surface area contributed by atoms with Crippen LogP contribution in [0.2, 0.25) is 0 Å². The Bertz CT molecular complexity index is 5830. The van der Waals surface area contributed by atoms with Crippen LogP contribution in [-0.4, -0.2) is 169 Å². The molecular weight excluding hydrogens is 1850 g/mol. The minimum Gasteiger partial charge on any atom is -0.508 e. The largest absolute Gasteiger partial charge is 0.508 e. The monoisotopic (exact) mass is 1990 g/mol. The molecule has 3 aliphatic carbocycles. The number of esters is 1. The lowest BCUT2D eigenvalue weighted by molar-refractivity contribution is -0.138. The van der Waals surface area contributed by atoms with E-state index in [1.54, 1.807) is 141 Å². The van der Waals surface area contributed by atoms with Gasteiger partial charge >= 0.3 is 5.97 Å². The molecule has 16 rings (SSSR count). The third-order valence-corrected chi connectivity index (χ3v) is 24.7. The Morgan fingerprint density at radius 2 is 0.683 bits per heavy atom. The van der Waals surface area contributed by atoms with Crippen LogP contribution >= 0.6 is 0 Å². The summed E-state index contributed by atoms with van der Waals surface area (Å²) in [4.78, 5) is 60.9. The molecule has 26 nitrogen and oxygen atoms in total. The predicted octanol–water partition coefficient (Wildman–Crippen LogP) is 21.1. The van der Waals surface area contributed by atoms with Crippen molar-refractivity contribution in [1.29, 1.82) is 0 Å². The fraction of sp³-hybridized carbons (Fsp3) is 0.345. The topological polar surface area (TPSA) is 496 Å². The van der Waals surface area contributed by atoms with E-state index in [2.05, 4.69) is 49.8 Å². The summed E-state index contributed by atoms with van der Waals surface area (Å²) in [5.41, 5.74) is 12.1. The van der Waals surface area contributed by atoms with E-state index in [1.165, 1.54) is 101 Å². The average molecular weight is 1990 g/mol. The first-order valence-electron chi connectivity index (χ1n) is 47.5. The molecule has 2 atom stereocenters. The molecule has 12 aromatic carbocycles. The van der Waals surface area contributed by atoms with Crippen molar-refractivity contribution in [1.82, 2.24) is 0 Å². The molecule has 3 saturated carbocycles. The lowest BCUT2D eigenvalue weighted by Gasteiger charge is -2.38. The van der Waals surface area contributed by atoms with Crippen molar-refractivity contribution in [3.05, 3.63) is 344 Å². The lowest BCUT2D eigenvalue weighted by atomic mass is 9.65. The second kappa shape index (κ2) is 57.1. The Hall–Kier alpha value is -14.5. The number of phenols is 14. The highest BCUT2D eigenvalue weighted by atomic mass is 16.5. The SMILES string of the molecule is C.C.CC(=O)C(C)(C)O.CC(=O)CC(C)(C)O.CC(=O)CO.CC(C)(c1ccc(O)cc1)c1ccc(C(C)(c2ccc(O)cc2)c2ccc(O)cc2)cc1.Cc1cc(Cc2ccc(O)cc2O)c(O)c(Cc2ccc(O)cc2O)c1.O=C1CCC(O)C1.O=C1CCCC(O)C1.O=C1CCCO1.Oc1ccc(C2(c3ccc(O)cc3)CCCCC2)cc1.Oc1ccc(Cc2cc(Cc3ccc(O)cc3)c(O)cc2O)cc1. The maximum absolute atomic E-state index is 10.7. The number of aliphatic hydroxyl groups is 5. The van der Waals surface area contributed by atoms with Gasteiger partial charge in [0.1, 0.15) is 110 Å². The summed E-state index contributed by atoms with van der Waals surface area (Å²) >= 11 is 0. The van der Waals surface area contributed by atoms with Gasteiger partial charge in [0.25, 0.3) is 0 Å². The number of Topliss-reactive ketones (excluding diaryl/α,β-unsaturated/α-hetero) is 5. The molecule has 0 amide bonds. The van der Waals surface area contributed by atoms with Gasteiger partial charge in [0.15, 0.2) is 11.6 Å². The lowest BCUT2D eigenvalue weighted by Crippen LogP contribution is -2.30. The summed E-state index contributed by atoms with van der Waals surface area (Å²) in [5, 5.41) is 180. The zero-order chi connectivity index (χ0) is 106. The van der Waals surface area contributed by atoms with Gasteiger partial charge in [0.05, 0.1) is 24.4 Å². The summed E-state index contributed by atoms with van der Waals surface area (Å²) in [6.45, 7) is 19.1. The second-order valence-electron chi connectivity index (χ2n) is 38.1. The number of ketones is 5. The number of benzene rings is 12. The number of hydrogen-bond acceptors (Lipinski definition) is 26. The van der Waals surface area contributed by atoms with E-state index < -0.39 is 16.6 Å². The Labute approximate surface area is 850 Å². The van der Waals surface area contributed by atoms with Gasteiger partial charge in [0.2, 0.25) is 0 Å². The number of aliphatic hydroxyl groups excluding tert-OH is 3. The van der Waals surface area contributed by atoms with Crippen LogP contribution in [-0.2, 0) is 75.4 Å². The number of rotatable bonds is 19. The van der Waals surface area contributed by atoms with E-state index >= 15 is 0 Å². The van der Waals surface area contributed by atoms with Crippen molar-refractivity contribution in [2.45, 2.75) is 253 Å². The van der Waals surface area contributed by atoms with E-state index in [0.717, 1.165) is 71.0 Å². The molecule has 4 aliphatic rings. The van der Waals surface area contributed by atoms with E-state index in [4.69, 9.17) is 25.5 Å². The van der Waals surface area contributed by atoms with Crippen LogP contribution in [0.3, 0.4) is 0 Å². The number of carbonyl (C=O) groups is 6. The molecule has 778 valence electrons. The summed E-state index contributed by atoms with van der Waals surface area (Å²) in [7, 11) is 0. The molecule has 12 aromatic rings. The standard InChI is InChI=1S/C29H28O3.C21H20O5.C20H18O4.C18H20O2.C6H10O2.C6H12O2.C5H8O2.C5H10O2.C4H6O2.C3H6O2.2CH4/c1-28(2,21-8-14-25(30)15-9-21)20-4-6-22(7-5-20)29(3,23-10-16-26(31)17-11-23)24-12-18-27(32)19-13-24;1-12-6-15(8-13-2-4-17(22)10-19(13)24)21(26)16(7-12)9-14-3-5-18(23)11-20(14)25;21-17-5-1-13(2-6-17)9-15-11-16(20(24)12-19(15)23)10-14-3-7-18(22)8-4-14;19-16-8-4-14(5-9-16)18(12-2-1-3-13-18)15-6-10-17(20)11-7-15;7-5-2-1-3-6(8)4-5;1-5(7)4-6(2,3)8;6-4-1-2-5(7)3-4;1-4(6)5(2,3)7;5-4-2-1-3-6-4;1-3(5)2-4;;/h4-19,30-32H,1-3H3;2-7,10-11,22-26H,8-9H2,1H3;1-8,11-12,21-24H,9-10H2;4-11,19-20H,1-3,12-13H2;5,7H,1-4H2;8H,4H2,1-3H3;4,6H,1-3H2;7H,1-3H3;1-3H2;4H,2H2,1H3;2*1H4. The molecule has 145 heavy (non-hydrogen) atoms. The highest BCUT2D eigenvalue weighted by Gasteiger charge is 2.37. The number of phenolic OH excluding ortho intramolecular Hbond substituents is 14. The molecule has 1 aliphatic heterocycles. The fourth-order valence-electron chi connectivity index (χ4n) is 16.3. The minimum absolute atomic E-state index is 0. The molecule has 0 bridgehead atoms. The molecule has 1 heterocycles. The summed E-state index contributed by atoms with van der Waals surface area (Å²) in [5.74, 6) is 1.78. The van der Waals surface area contributed by atoms with Crippen molar-refractivity contribution in [3.8, 4) is 80.5 Å². The first-order valence-corrected chi connectivity index (χ1v) is 47.5. The van der Waals surface area contributed by atoms with Gasteiger partial charge in [-0.3, -0.25) is 28.8 Å². The van der Waals surface area contributed by atoms with Crippen molar-refractivity contribution in [3.63, 3.8) is 0 Å².